The van der Waals surface area contributed by atoms with E-state index in [4.69, 9.17) is 0 Å². The second-order valence-electron chi connectivity index (χ2n) is 6.45. The van der Waals surface area contributed by atoms with E-state index in [2.05, 4.69) is 25.3 Å². The molecule has 0 unspecified atom stereocenters. The van der Waals surface area contributed by atoms with E-state index in [0.717, 1.165) is 16.5 Å². The molecule has 0 spiro atoms. The normalized spacial score (nSPS) is 11.5. The summed E-state index contributed by atoms with van der Waals surface area (Å²) in [6, 6.07) is 13.5. The van der Waals surface area contributed by atoms with Crippen molar-refractivity contribution >= 4 is 49.1 Å². The van der Waals surface area contributed by atoms with Crippen LogP contribution in [-0.2, 0) is 16.4 Å². The summed E-state index contributed by atoms with van der Waals surface area (Å²) >= 11 is 1.29. The second-order valence-corrected chi connectivity index (χ2v) is 9.11. The van der Waals surface area contributed by atoms with Crippen LogP contribution in [0.1, 0.15) is 5.56 Å². The third kappa shape index (κ3) is 4.67. The first-order chi connectivity index (χ1) is 14.5. The van der Waals surface area contributed by atoms with E-state index in [-0.39, 0.29) is 11.4 Å². The number of benzene rings is 2. The van der Waals surface area contributed by atoms with Gasteiger partial charge in [-0.2, -0.15) is 0 Å². The highest BCUT2D eigenvalue weighted by Gasteiger charge is 2.15. The number of hydrogen-bond donors (Lipinski definition) is 4. The Labute approximate surface area is 177 Å². The maximum atomic E-state index is 12.7. The fourth-order valence-electron chi connectivity index (χ4n) is 3.03. The zero-order valence-electron chi connectivity index (χ0n) is 15.8. The van der Waals surface area contributed by atoms with Crippen LogP contribution in [0.4, 0.5) is 15.6 Å². The zero-order valence-corrected chi connectivity index (χ0v) is 17.4. The molecule has 0 aliphatic carbocycles. The molecular weight excluding hydrogens is 422 g/mol. The molecule has 4 aromatic rings. The minimum atomic E-state index is -3.72. The molecule has 0 radical (unpaired) electrons. The van der Waals surface area contributed by atoms with E-state index in [1.165, 1.54) is 23.5 Å². The number of rotatable bonds is 7. The Morgan fingerprint density at radius 1 is 1.10 bits per heavy atom. The summed E-state index contributed by atoms with van der Waals surface area (Å²) in [5.74, 6) is 0. The van der Waals surface area contributed by atoms with Gasteiger partial charge in [0, 0.05) is 40.9 Å². The number of carbonyl (C=O) groups is 1. The summed E-state index contributed by atoms with van der Waals surface area (Å²) in [6.45, 7) is 0.256. The zero-order chi connectivity index (χ0) is 21.0. The van der Waals surface area contributed by atoms with Gasteiger partial charge in [0.1, 0.15) is 0 Å². The van der Waals surface area contributed by atoms with Gasteiger partial charge in [-0.25, -0.2) is 22.9 Å². The van der Waals surface area contributed by atoms with Crippen LogP contribution < -0.4 is 15.4 Å². The Kier molecular flexibility index (Phi) is 5.79. The van der Waals surface area contributed by atoms with Gasteiger partial charge in [0.2, 0.25) is 10.0 Å². The Morgan fingerprint density at radius 3 is 2.80 bits per heavy atom. The van der Waals surface area contributed by atoms with Crippen molar-refractivity contribution in [2.24, 2.45) is 0 Å². The van der Waals surface area contributed by atoms with Gasteiger partial charge < -0.3 is 10.3 Å². The Morgan fingerprint density at radius 2 is 1.97 bits per heavy atom. The van der Waals surface area contributed by atoms with Gasteiger partial charge in [0.15, 0.2) is 5.13 Å². The second kappa shape index (κ2) is 8.66. The lowest BCUT2D eigenvalue weighted by Gasteiger charge is -2.09. The predicted molar refractivity (Wildman–Crippen MR) is 118 cm³/mol. The number of anilines is 2. The van der Waals surface area contributed by atoms with Crippen molar-refractivity contribution in [3.05, 3.63) is 71.9 Å². The number of aromatic nitrogens is 2. The number of urea groups is 1. The van der Waals surface area contributed by atoms with E-state index in [1.807, 2.05) is 30.5 Å². The van der Waals surface area contributed by atoms with Gasteiger partial charge >= 0.3 is 6.03 Å². The van der Waals surface area contributed by atoms with Gasteiger partial charge in [-0.15, -0.1) is 11.3 Å². The summed E-state index contributed by atoms with van der Waals surface area (Å²) in [7, 11) is -3.72. The first-order valence-electron chi connectivity index (χ1n) is 9.13. The molecular formula is C20H19N5O3S2. The highest BCUT2D eigenvalue weighted by Crippen LogP contribution is 2.19. The number of aromatic amines is 1. The van der Waals surface area contributed by atoms with E-state index < -0.39 is 16.1 Å². The number of H-pyrrole nitrogens is 1. The monoisotopic (exact) mass is 441 g/mol. The molecule has 0 aliphatic heterocycles. The van der Waals surface area contributed by atoms with Crippen molar-refractivity contribution in [1.82, 2.24) is 14.7 Å². The number of para-hydroxylation sites is 1. The maximum absolute atomic E-state index is 12.7. The van der Waals surface area contributed by atoms with Gasteiger partial charge in [-0.3, -0.25) is 5.32 Å². The van der Waals surface area contributed by atoms with E-state index in [1.54, 1.807) is 23.7 Å². The first kappa shape index (κ1) is 20.1. The number of hydrogen-bond acceptors (Lipinski definition) is 5. The van der Waals surface area contributed by atoms with Gasteiger partial charge in [0.05, 0.1) is 4.90 Å². The van der Waals surface area contributed by atoms with Crippen LogP contribution >= 0.6 is 11.3 Å². The minimum absolute atomic E-state index is 0.0773. The molecule has 30 heavy (non-hydrogen) atoms. The molecule has 2 amide bonds. The minimum Gasteiger partial charge on any atom is -0.361 e. The maximum Gasteiger partial charge on any atom is 0.325 e. The molecule has 0 atom stereocenters. The SMILES string of the molecule is O=C(Nc1cccc(S(=O)(=O)NCCc2c[nH]c3ccccc23)c1)Nc1nccs1. The van der Waals surface area contributed by atoms with E-state index in [0.29, 0.717) is 17.2 Å². The standard InChI is InChI=1S/C20H19N5O3S2/c26-19(25-20-21-10-11-29-20)24-15-4-3-5-16(12-15)30(27,28)23-9-8-14-13-22-18-7-2-1-6-17(14)18/h1-7,10-13,22-23H,8-9H2,(H2,21,24,25,26). The largest absolute Gasteiger partial charge is 0.361 e. The molecule has 0 aliphatic rings. The molecule has 0 saturated heterocycles. The van der Waals surface area contributed by atoms with E-state index >= 15 is 0 Å². The number of carbonyl (C=O) groups excluding carboxylic acids is 1. The van der Waals surface area contributed by atoms with Crippen molar-refractivity contribution in [1.29, 1.82) is 0 Å². The van der Waals surface area contributed by atoms with Gasteiger partial charge in [0.25, 0.3) is 0 Å². The summed E-state index contributed by atoms with van der Waals surface area (Å²) in [5.41, 5.74) is 2.43. The lowest BCUT2D eigenvalue weighted by atomic mass is 10.1. The van der Waals surface area contributed by atoms with Crippen molar-refractivity contribution in [2.45, 2.75) is 11.3 Å². The summed E-state index contributed by atoms with van der Waals surface area (Å²) in [5, 5.41) is 8.47. The topological polar surface area (TPSA) is 116 Å². The third-order valence-corrected chi connectivity index (χ3v) is 6.56. The fraction of sp³-hybridized carbons (Fsp3) is 0.100. The number of sulfonamides is 1. The number of nitrogens with one attached hydrogen (secondary N) is 4. The molecule has 0 saturated carbocycles. The van der Waals surface area contributed by atoms with Crippen LogP contribution in [0, 0.1) is 0 Å². The average molecular weight is 442 g/mol. The van der Waals surface area contributed by atoms with Crippen LogP contribution in [0.15, 0.2) is 71.2 Å². The summed E-state index contributed by atoms with van der Waals surface area (Å²) in [6.07, 6.45) is 4.03. The number of nitrogens with zero attached hydrogens (tertiary/aromatic N) is 1. The average Bonchev–Trinajstić information content (AvgIpc) is 3.38. The van der Waals surface area contributed by atoms with Crippen LogP contribution in [0.25, 0.3) is 10.9 Å². The van der Waals surface area contributed by atoms with Crippen LogP contribution in [0.5, 0.6) is 0 Å². The molecule has 0 bridgehead atoms. The molecule has 154 valence electrons. The Balaban J connectivity index is 1.38. The van der Waals surface area contributed by atoms with Crippen LogP contribution in [-0.4, -0.2) is 31.0 Å². The molecule has 2 aromatic carbocycles. The molecule has 8 nitrogen and oxygen atoms in total. The number of fused-ring (bicyclic) bond motifs is 1. The molecule has 10 heteroatoms. The molecule has 2 heterocycles. The van der Waals surface area contributed by atoms with Crippen molar-refractivity contribution in [3.8, 4) is 0 Å². The summed E-state index contributed by atoms with van der Waals surface area (Å²) in [4.78, 5) is 19.3. The highest BCUT2D eigenvalue weighted by atomic mass is 32.2. The molecule has 4 N–H and O–H groups in total. The Bertz CT molecular complexity index is 1270. The van der Waals surface area contributed by atoms with Gasteiger partial charge in [-0.05, 0) is 36.2 Å². The highest BCUT2D eigenvalue weighted by molar-refractivity contribution is 7.89. The Hall–Kier alpha value is -3.21. The number of thiazole rings is 1. The van der Waals surface area contributed by atoms with Crippen LogP contribution in [0.2, 0.25) is 0 Å². The van der Waals surface area contributed by atoms with Crippen molar-refractivity contribution in [2.75, 3.05) is 17.2 Å². The quantitative estimate of drug-likeness (QED) is 0.349. The number of amides is 2. The van der Waals surface area contributed by atoms with Crippen molar-refractivity contribution in [3.63, 3.8) is 0 Å². The molecule has 0 fully saturated rings. The van der Waals surface area contributed by atoms with Crippen molar-refractivity contribution < 1.29 is 13.2 Å². The van der Waals surface area contributed by atoms with Gasteiger partial charge in [-0.1, -0.05) is 24.3 Å². The lowest BCUT2D eigenvalue weighted by molar-refractivity contribution is 0.262. The van der Waals surface area contributed by atoms with Crippen LogP contribution in [0.3, 0.4) is 0 Å². The fourth-order valence-corrected chi connectivity index (χ4v) is 4.63. The van der Waals surface area contributed by atoms with E-state index in [9.17, 15) is 13.2 Å². The first-order valence-corrected chi connectivity index (χ1v) is 11.5. The third-order valence-electron chi connectivity index (χ3n) is 4.42. The molecule has 2 aromatic heterocycles. The summed E-state index contributed by atoms with van der Waals surface area (Å²) < 4.78 is 27.9. The molecule has 4 rings (SSSR count). The smallest absolute Gasteiger partial charge is 0.325 e. The lowest BCUT2D eigenvalue weighted by Crippen LogP contribution is -2.26. The predicted octanol–water partition coefficient (Wildman–Crippen LogP) is 3.79.